The van der Waals surface area contributed by atoms with Crippen LogP contribution >= 0.6 is 0 Å². The van der Waals surface area contributed by atoms with Crippen LogP contribution in [-0.2, 0) is 14.8 Å². The molecule has 5 rings (SSSR count). The summed E-state index contributed by atoms with van der Waals surface area (Å²) < 4.78 is 6.59. The summed E-state index contributed by atoms with van der Waals surface area (Å²) in [5.41, 5.74) is 4.93. The van der Waals surface area contributed by atoms with Crippen LogP contribution in [0.1, 0.15) is 59.8 Å². The molecule has 1 N–H and O–H groups in total. The van der Waals surface area contributed by atoms with Gasteiger partial charge in [0, 0.05) is 0 Å². The second kappa shape index (κ2) is 6.18. The van der Waals surface area contributed by atoms with Crippen molar-refractivity contribution in [2.24, 2.45) is 29.6 Å². The Bertz CT molecular complexity index is 658. The van der Waals surface area contributed by atoms with E-state index in [1.807, 2.05) is 3.88 Å². The third-order valence-electron chi connectivity index (χ3n) is 10.0. The van der Waals surface area contributed by atoms with Crippen molar-refractivity contribution in [3.05, 3.63) is 20.6 Å². The second-order valence-electron chi connectivity index (χ2n) is 11.8. The molecule has 0 aliphatic heterocycles. The molecule has 0 amide bonds. The monoisotopic (exact) mass is 408 g/mol. The van der Waals surface area contributed by atoms with Gasteiger partial charge in [0.15, 0.2) is 0 Å². The number of hydrogen-bond acceptors (Lipinski definition) is 1. The SMILES string of the molecule is CC1=C(C)C(C)[C]([Ti]([CH3])([CH3])([NH]C2C3CC4CC(C3)CC2C4)[SiH](C)C)=C1C. The summed E-state index contributed by atoms with van der Waals surface area (Å²) in [6.45, 7) is 14.2. The minimum atomic E-state index is -2.89. The topological polar surface area (TPSA) is 12.0 Å². The van der Waals surface area contributed by atoms with Gasteiger partial charge in [-0.05, 0) is 0 Å². The molecule has 5 aliphatic carbocycles. The summed E-state index contributed by atoms with van der Waals surface area (Å²) in [5, 5.41) is 5.58. The Kier molecular flexibility index (Phi) is 4.68. The Morgan fingerprint density at radius 1 is 0.846 bits per heavy atom. The van der Waals surface area contributed by atoms with Gasteiger partial charge in [0.2, 0.25) is 0 Å². The van der Waals surface area contributed by atoms with Crippen LogP contribution in [-0.4, -0.2) is 12.7 Å². The summed E-state index contributed by atoms with van der Waals surface area (Å²) in [7, 11) is 0. The predicted molar refractivity (Wildman–Crippen MR) is 115 cm³/mol. The Hall–Kier alpha value is 0.371. The fourth-order valence-electron chi connectivity index (χ4n) is 7.84. The normalized spacial score (nSPS) is 41.3. The average molecular weight is 409 g/mol. The van der Waals surface area contributed by atoms with Crippen molar-refractivity contribution in [3.63, 3.8) is 0 Å². The Balaban J connectivity index is 1.72. The van der Waals surface area contributed by atoms with Crippen LogP contribution in [0.4, 0.5) is 0 Å². The van der Waals surface area contributed by atoms with Crippen LogP contribution < -0.4 is 3.80 Å². The molecule has 4 fully saturated rings. The summed E-state index contributed by atoms with van der Waals surface area (Å²) in [6, 6.07) is 0.846. The van der Waals surface area contributed by atoms with Gasteiger partial charge >= 0.3 is 165 Å². The van der Waals surface area contributed by atoms with E-state index < -0.39 is 21.5 Å². The van der Waals surface area contributed by atoms with Crippen molar-refractivity contribution >= 4 is 6.66 Å². The van der Waals surface area contributed by atoms with E-state index in [1.165, 1.54) is 25.7 Å². The summed E-state index contributed by atoms with van der Waals surface area (Å²) in [6.07, 6.45) is 7.72. The molecule has 1 atom stereocenters. The van der Waals surface area contributed by atoms with E-state index in [1.54, 1.807) is 23.1 Å². The van der Waals surface area contributed by atoms with E-state index in [0.717, 1.165) is 29.7 Å². The van der Waals surface area contributed by atoms with Gasteiger partial charge in [-0.2, -0.15) is 0 Å². The molecular formula is C23H42NSiTi. The quantitative estimate of drug-likeness (QED) is 0.535. The predicted octanol–water partition coefficient (Wildman–Crippen LogP) is 6.35. The second-order valence-corrected chi connectivity index (χ2v) is 35.7. The molecule has 3 heteroatoms. The first-order chi connectivity index (χ1) is 12.0. The molecule has 0 saturated heterocycles. The Morgan fingerprint density at radius 3 is 1.73 bits per heavy atom. The maximum absolute atomic E-state index is 4.66. The fourth-order valence-corrected chi connectivity index (χ4v) is 23.1. The van der Waals surface area contributed by atoms with Gasteiger partial charge in [-0.15, -0.1) is 0 Å². The van der Waals surface area contributed by atoms with Gasteiger partial charge in [-0.1, -0.05) is 0 Å². The van der Waals surface area contributed by atoms with Crippen molar-refractivity contribution < 1.29 is 14.8 Å². The molecule has 0 aromatic rings. The van der Waals surface area contributed by atoms with E-state index in [-0.39, 0.29) is 0 Å². The maximum atomic E-state index is 4.66. The molecule has 147 valence electrons. The molecule has 4 saturated carbocycles. The van der Waals surface area contributed by atoms with Gasteiger partial charge in [0.25, 0.3) is 0 Å². The fraction of sp³-hybridized carbons (Fsp3) is 0.826. The van der Waals surface area contributed by atoms with Gasteiger partial charge in [0.05, 0.1) is 0 Å². The van der Waals surface area contributed by atoms with Gasteiger partial charge in [-0.3, -0.25) is 0 Å². The van der Waals surface area contributed by atoms with Crippen LogP contribution in [0.25, 0.3) is 0 Å². The van der Waals surface area contributed by atoms with Crippen molar-refractivity contribution in [2.75, 3.05) is 0 Å². The zero-order valence-corrected chi connectivity index (χ0v) is 21.3. The van der Waals surface area contributed by atoms with E-state index in [9.17, 15) is 0 Å². The number of nitrogens with one attached hydrogen (secondary N) is 1. The first-order valence-corrected chi connectivity index (χ1v) is 21.7. The van der Waals surface area contributed by atoms with Crippen LogP contribution in [0.3, 0.4) is 0 Å². The van der Waals surface area contributed by atoms with Gasteiger partial charge < -0.3 is 0 Å². The van der Waals surface area contributed by atoms with E-state index >= 15 is 0 Å². The molecule has 0 heterocycles. The molecule has 0 aromatic carbocycles. The standard InChI is InChI=1S/C10H16N.C9H13.C2H7Si.2CH3.Ti/c11-10-8-2-6-1-7(4-8)5-9(10)3-6;1-6-5-7(2)9(4)8(6)3;1-3-2;;;/h6-11H,1-5H2;6H,1-4H3;3H,1-2H3;2*1H3;/q-1;;;;;+1. The number of hydrogen-bond donors (Lipinski definition) is 1. The zero-order valence-electron chi connectivity index (χ0n) is 18.6. The molecule has 5 aliphatic rings. The van der Waals surface area contributed by atoms with E-state index in [4.69, 9.17) is 0 Å². The first kappa shape index (κ1) is 19.7. The molecule has 4 bridgehead atoms. The summed E-state index contributed by atoms with van der Waals surface area (Å²) >= 11 is -2.89. The van der Waals surface area contributed by atoms with Crippen LogP contribution in [0.15, 0.2) is 20.6 Å². The molecule has 1 unspecified atom stereocenters. The molecular weight excluding hydrogens is 366 g/mol. The Morgan fingerprint density at radius 2 is 1.35 bits per heavy atom. The van der Waals surface area contributed by atoms with E-state index in [2.05, 4.69) is 55.0 Å². The van der Waals surface area contributed by atoms with Crippen LogP contribution in [0, 0.1) is 29.6 Å². The molecule has 0 radical (unpaired) electrons. The molecule has 1 nitrogen and oxygen atoms in total. The van der Waals surface area contributed by atoms with E-state index in [0.29, 0.717) is 5.92 Å². The van der Waals surface area contributed by atoms with Crippen molar-refractivity contribution in [3.8, 4) is 0 Å². The molecule has 26 heavy (non-hydrogen) atoms. The Labute approximate surface area is 164 Å². The first-order valence-electron chi connectivity index (χ1n) is 11.4. The zero-order chi connectivity index (χ0) is 19.0. The number of rotatable bonds is 4. The van der Waals surface area contributed by atoms with Gasteiger partial charge in [0.1, 0.15) is 0 Å². The van der Waals surface area contributed by atoms with Crippen molar-refractivity contribution in [2.45, 2.75) is 89.4 Å². The molecule has 0 spiro atoms. The van der Waals surface area contributed by atoms with Crippen molar-refractivity contribution in [1.82, 2.24) is 3.80 Å². The minimum absolute atomic E-state index is 0.682. The number of allylic oxidation sites excluding steroid dienone is 4. The average Bonchev–Trinajstić information content (AvgIpc) is 2.74. The summed E-state index contributed by atoms with van der Waals surface area (Å²) in [5.74, 6) is 4.83. The van der Waals surface area contributed by atoms with Crippen LogP contribution in [0.2, 0.25) is 23.6 Å². The van der Waals surface area contributed by atoms with Gasteiger partial charge in [-0.25, -0.2) is 0 Å². The molecule has 0 aromatic heterocycles. The third-order valence-corrected chi connectivity index (χ3v) is 37.5. The van der Waals surface area contributed by atoms with Crippen LogP contribution in [0.5, 0.6) is 0 Å². The van der Waals surface area contributed by atoms with Crippen molar-refractivity contribution in [1.29, 1.82) is 0 Å². The third kappa shape index (κ3) is 2.69. The summed E-state index contributed by atoms with van der Waals surface area (Å²) in [4.78, 5) is 0.